The fourth-order valence-corrected chi connectivity index (χ4v) is 4.64. The topological polar surface area (TPSA) is 118 Å². The molecule has 4 atom stereocenters. The molecule has 1 aliphatic heterocycles. The third-order valence-electron chi connectivity index (χ3n) is 4.72. The number of hydroxylamine groups is 1. The van der Waals surface area contributed by atoms with Crippen molar-refractivity contribution < 1.29 is 38.2 Å². The third-order valence-corrected chi connectivity index (χ3v) is 6.20. The van der Waals surface area contributed by atoms with Crippen molar-refractivity contribution in [1.29, 1.82) is 0 Å². The van der Waals surface area contributed by atoms with Crippen LogP contribution in [0.4, 0.5) is 4.39 Å². The van der Waals surface area contributed by atoms with Gasteiger partial charge in [-0.3, -0.25) is 4.79 Å². The Morgan fingerprint density at radius 3 is 2.55 bits per heavy atom. The van der Waals surface area contributed by atoms with E-state index in [1.165, 1.54) is 16.4 Å². The number of morpholine rings is 1. The number of hydrogen-bond acceptors (Lipinski definition) is 7. The van der Waals surface area contributed by atoms with E-state index in [0.29, 0.717) is 10.6 Å². The zero-order valence-corrected chi connectivity index (χ0v) is 17.5. The zero-order chi connectivity index (χ0) is 22.4. The second kappa shape index (κ2) is 10.8. The van der Waals surface area contributed by atoms with Gasteiger partial charge in [0.25, 0.3) is 5.91 Å². The van der Waals surface area contributed by atoms with E-state index in [1.807, 2.05) is 5.48 Å². The summed E-state index contributed by atoms with van der Waals surface area (Å²) in [6.45, 7) is 1.56. The summed E-state index contributed by atoms with van der Waals surface area (Å²) in [6, 6.07) is 11.4. The third kappa shape index (κ3) is 5.85. The number of aliphatic hydroxyl groups is 1. The van der Waals surface area contributed by atoms with E-state index < -0.39 is 35.1 Å². The van der Waals surface area contributed by atoms with Gasteiger partial charge in [0.1, 0.15) is 35.2 Å². The zero-order valence-electron chi connectivity index (χ0n) is 16.6. The van der Waals surface area contributed by atoms with Gasteiger partial charge in [-0.2, -0.15) is 0 Å². The van der Waals surface area contributed by atoms with Crippen LogP contribution in [0.2, 0.25) is 0 Å². The Morgan fingerprint density at radius 2 is 1.94 bits per heavy atom. The molecule has 31 heavy (non-hydrogen) atoms. The molecule has 0 spiro atoms. The number of carbonyl (C=O) groups excluding carboxylic acids is 1. The maximum Gasteiger partial charge on any atom is 0.266 e. The first-order chi connectivity index (χ1) is 14.9. The molecule has 3 rings (SSSR count). The fourth-order valence-electron chi connectivity index (χ4n) is 3.23. The number of ether oxygens (including phenoxy) is 2. The van der Waals surface area contributed by atoms with Gasteiger partial charge in [-0.05, 0) is 48.9 Å². The van der Waals surface area contributed by atoms with Gasteiger partial charge in [-0.15, -0.1) is 4.99 Å². The molecule has 0 saturated carbocycles. The highest BCUT2D eigenvalue weighted by Crippen LogP contribution is 2.25. The molecule has 1 aliphatic rings. The summed E-state index contributed by atoms with van der Waals surface area (Å²) in [5.74, 6) is -0.537. The van der Waals surface area contributed by atoms with Crippen LogP contribution in [0.25, 0.3) is 0 Å². The number of halogens is 1. The Morgan fingerprint density at radius 1 is 1.26 bits per heavy atom. The minimum absolute atomic E-state index is 0.0276. The summed E-state index contributed by atoms with van der Waals surface area (Å²) in [4.78, 5) is 16.4. The summed E-state index contributed by atoms with van der Waals surface area (Å²) in [5.41, 5.74) is 2.61. The molecule has 11 heteroatoms. The molecule has 9 nitrogen and oxygen atoms in total. The Labute approximate surface area is 180 Å². The SMILES string of the molecule is CC1O[C@@H](CO)CN(S(=O)c2ccc(OCc3ccc(F)cc3)cc2)[C@H]1C(=O)NOO. The molecule has 1 fully saturated rings. The second-order valence-corrected chi connectivity index (χ2v) is 8.32. The van der Waals surface area contributed by atoms with Gasteiger partial charge in [0, 0.05) is 6.54 Å². The predicted molar refractivity (Wildman–Crippen MR) is 107 cm³/mol. The van der Waals surface area contributed by atoms with Gasteiger partial charge >= 0.3 is 0 Å². The monoisotopic (exact) mass is 454 g/mol. The van der Waals surface area contributed by atoms with Crippen molar-refractivity contribution in [3.63, 3.8) is 0 Å². The average molecular weight is 454 g/mol. The first-order valence-electron chi connectivity index (χ1n) is 9.45. The molecular weight excluding hydrogens is 431 g/mol. The maximum atomic E-state index is 13.2. The fraction of sp³-hybridized carbons (Fsp3) is 0.350. The average Bonchev–Trinajstić information content (AvgIpc) is 2.78. The van der Waals surface area contributed by atoms with E-state index in [1.54, 1.807) is 43.3 Å². The van der Waals surface area contributed by atoms with Crippen molar-refractivity contribution >= 4 is 16.9 Å². The van der Waals surface area contributed by atoms with Crippen LogP contribution in [-0.4, -0.2) is 56.2 Å². The number of nitrogens with zero attached hydrogens (tertiary/aromatic N) is 1. The lowest BCUT2D eigenvalue weighted by molar-refractivity contribution is -0.287. The first-order valence-corrected chi connectivity index (χ1v) is 10.6. The smallest absolute Gasteiger partial charge is 0.266 e. The summed E-state index contributed by atoms with van der Waals surface area (Å²) in [7, 11) is -1.77. The minimum Gasteiger partial charge on any atom is -0.489 e. The van der Waals surface area contributed by atoms with Crippen LogP contribution in [-0.2, 0) is 32.1 Å². The standard InChI is InChI=1S/C20H23FN2O7S/c1-13-19(20(25)22-30-26)23(10-17(11-24)29-13)31(27)18-8-6-16(7-9-18)28-12-14-2-4-15(21)5-3-14/h2-9,13,17,19,24,26H,10-12H2,1H3,(H,22,25)/t13?,17-,19-,31?/m1/s1. The lowest BCUT2D eigenvalue weighted by Gasteiger charge is -2.40. The Balaban J connectivity index is 1.71. The van der Waals surface area contributed by atoms with Crippen molar-refractivity contribution in [3.8, 4) is 5.75 Å². The highest BCUT2D eigenvalue weighted by molar-refractivity contribution is 7.82. The number of aliphatic hydroxyl groups excluding tert-OH is 1. The van der Waals surface area contributed by atoms with Gasteiger partial charge < -0.3 is 14.6 Å². The van der Waals surface area contributed by atoms with E-state index in [-0.39, 0.29) is 25.6 Å². The number of rotatable bonds is 8. The van der Waals surface area contributed by atoms with Crippen molar-refractivity contribution in [3.05, 3.63) is 59.9 Å². The summed E-state index contributed by atoms with van der Waals surface area (Å²) < 4.78 is 38.8. The molecule has 3 N–H and O–H groups in total. The normalized spacial score (nSPS) is 22.6. The first kappa shape index (κ1) is 23.3. The van der Waals surface area contributed by atoms with Crippen molar-refractivity contribution in [2.75, 3.05) is 13.2 Å². The van der Waals surface area contributed by atoms with Crippen LogP contribution >= 0.6 is 0 Å². The number of amides is 1. The van der Waals surface area contributed by atoms with Gasteiger partial charge in [-0.25, -0.2) is 23.6 Å². The number of carbonyl (C=O) groups is 1. The van der Waals surface area contributed by atoms with Crippen LogP contribution in [0.5, 0.6) is 5.75 Å². The molecule has 2 aromatic carbocycles. The lowest BCUT2D eigenvalue weighted by atomic mass is 10.1. The van der Waals surface area contributed by atoms with Gasteiger partial charge in [0.15, 0.2) is 0 Å². The molecule has 1 heterocycles. The van der Waals surface area contributed by atoms with Crippen LogP contribution < -0.4 is 10.2 Å². The van der Waals surface area contributed by atoms with E-state index in [0.717, 1.165) is 5.56 Å². The van der Waals surface area contributed by atoms with Crippen molar-refractivity contribution in [1.82, 2.24) is 9.79 Å². The van der Waals surface area contributed by atoms with E-state index in [4.69, 9.17) is 14.7 Å². The van der Waals surface area contributed by atoms with Gasteiger partial charge in [0.05, 0.1) is 23.7 Å². The second-order valence-electron chi connectivity index (χ2n) is 6.88. The molecule has 2 unspecified atom stereocenters. The Kier molecular flexibility index (Phi) is 8.07. The molecule has 1 saturated heterocycles. The maximum absolute atomic E-state index is 13.2. The number of benzene rings is 2. The van der Waals surface area contributed by atoms with Gasteiger partial charge in [0.2, 0.25) is 0 Å². The van der Waals surface area contributed by atoms with Crippen LogP contribution in [0.1, 0.15) is 12.5 Å². The molecular formula is C20H23FN2O7S. The Hall–Kier alpha value is -2.41. The largest absolute Gasteiger partial charge is 0.489 e. The van der Waals surface area contributed by atoms with Crippen LogP contribution in [0.3, 0.4) is 0 Å². The summed E-state index contributed by atoms with van der Waals surface area (Å²) in [5, 5.41) is 18.0. The molecule has 0 aromatic heterocycles. The van der Waals surface area contributed by atoms with Crippen molar-refractivity contribution in [2.45, 2.75) is 36.7 Å². The van der Waals surface area contributed by atoms with Crippen LogP contribution in [0, 0.1) is 5.82 Å². The lowest BCUT2D eigenvalue weighted by Crippen LogP contribution is -2.60. The summed E-state index contributed by atoms with van der Waals surface area (Å²) in [6.07, 6.45) is -1.35. The molecule has 0 aliphatic carbocycles. The molecule has 0 bridgehead atoms. The highest BCUT2D eigenvalue weighted by atomic mass is 32.2. The van der Waals surface area contributed by atoms with E-state index >= 15 is 0 Å². The van der Waals surface area contributed by atoms with Crippen LogP contribution in [0.15, 0.2) is 53.4 Å². The van der Waals surface area contributed by atoms with E-state index in [9.17, 15) is 18.5 Å². The van der Waals surface area contributed by atoms with E-state index in [2.05, 4.69) is 4.99 Å². The summed E-state index contributed by atoms with van der Waals surface area (Å²) >= 11 is 0. The Bertz CT molecular complexity index is 897. The number of hydrogen-bond donors (Lipinski definition) is 3. The molecule has 2 aromatic rings. The van der Waals surface area contributed by atoms with Crippen molar-refractivity contribution in [2.24, 2.45) is 0 Å². The number of nitrogens with one attached hydrogen (secondary N) is 1. The molecule has 168 valence electrons. The predicted octanol–water partition coefficient (Wildman–Crippen LogP) is 1.40. The molecule has 1 amide bonds. The van der Waals surface area contributed by atoms with Gasteiger partial charge in [-0.1, -0.05) is 12.1 Å². The molecule has 0 radical (unpaired) electrons. The quantitative estimate of drug-likeness (QED) is 0.408. The minimum atomic E-state index is -1.77. The highest BCUT2D eigenvalue weighted by Gasteiger charge is 2.42.